The zero-order valence-corrected chi connectivity index (χ0v) is 10.3. The summed E-state index contributed by atoms with van der Waals surface area (Å²) < 4.78 is 6.29. The van der Waals surface area contributed by atoms with Gasteiger partial charge in [-0.3, -0.25) is 0 Å². The maximum atomic E-state index is 11.4. The molecule has 0 saturated carbocycles. The minimum absolute atomic E-state index is 0.221. The number of carboxylic acid groups (broad SMARTS) is 1. The molecule has 0 aliphatic rings. The van der Waals surface area contributed by atoms with Crippen molar-refractivity contribution in [3.63, 3.8) is 0 Å². The van der Waals surface area contributed by atoms with Crippen LogP contribution in [0.3, 0.4) is 0 Å². The molecule has 0 saturated heterocycles. The Morgan fingerprint density at radius 3 is 2.89 bits per heavy atom. The molecule has 2 aromatic rings. The average molecular weight is 266 g/mol. The third kappa shape index (κ3) is 2.40. The van der Waals surface area contributed by atoms with Gasteiger partial charge in [0.1, 0.15) is 9.88 Å². The lowest BCUT2D eigenvalue weighted by Gasteiger charge is -1.97. The maximum Gasteiger partial charge on any atom is 0.345 e. The third-order valence-corrected chi connectivity index (χ3v) is 3.19. The number of esters is 1. The Bertz CT molecular complexity index is 587. The lowest BCUT2D eigenvalue weighted by atomic mass is 10.4. The molecule has 7 heteroatoms. The van der Waals surface area contributed by atoms with Crippen LogP contribution in [-0.4, -0.2) is 33.4 Å². The molecule has 0 unspecified atom stereocenters. The van der Waals surface area contributed by atoms with Gasteiger partial charge in [-0.15, -0.1) is 11.3 Å². The first kappa shape index (κ1) is 12.3. The number of hydrogen-bond donors (Lipinski definition) is 1. The van der Waals surface area contributed by atoms with E-state index in [2.05, 4.69) is 5.10 Å². The predicted molar refractivity (Wildman–Crippen MR) is 64.4 cm³/mol. The Balaban J connectivity index is 2.23. The maximum absolute atomic E-state index is 11.4. The topological polar surface area (TPSA) is 81.4 Å². The van der Waals surface area contributed by atoms with E-state index in [1.807, 2.05) is 0 Å². The second-order valence-electron chi connectivity index (χ2n) is 3.34. The average Bonchev–Trinajstić information content (AvgIpc) is 2.98. The summed E-state index contributed by atoms with van der Waals surface area (Å²) in [7, 11) is 0. The summed E-state index contributed by atoms with van der Waals surface area (Å²) >= 11 is 1.08. The van der Waals surface area contributed by atoms with E-state index in [1.165, 1.54) is 23.1 Å². The molecule has 0 spiro atoms. The SMILES string of the molecule is CCOC(=O)c1cnn(-c2ccc(C(=O)O)s2)c1. The quantitative estimate of drug-likeness (QED) is 0.853. The first-order valence-corrected chi connectivity index (χ1v) is 5.98. The van der Waals surface area contributed by atoms with Crippen LogP contribution in [0.5, 0.6) is 0 Å². The van der Waals surface area contributed by atoms with Gasteiger partial charge in [0, 0.05) is 6.20 Å². The molecule has 94 valence electrons. The van der Waals surface area contributed by atoms with Crippen LogP contribution < -0.4 is 0 Å². The van der Waals surface area contributed by atoms with Crippen molar-refractivity contribution in [1.29, 1.82) is 0 Å². The van der Waals surface area contributed by atoms with Crippen LogP contribution in [0.2, 0.25) is 0 Å². The van der Waals surface area contributed by atoms with Crippen molar-refractivity contribution in [3.05, 3.63) is 35.0 Å². The van der Waals surface area contributed by atoms with E-state index in [1.54, 1.807) is 13.0 Å². The summed E-state index contributed by atoms with van der Waals surface area (Å²) in [5.74, 6) is -1.43. The van der Waals surface area contributed by atoms with Crippen LogP contribution in [0.15, 0.2) is 24.5 Å². The fourth-order valence-corrected chi connectivity index (χ4v) is 2.11. The minimum Gasteiger partial charge on any atom is -0.477 e. The first-order valence-electron chi connectivity index (χ1n) is 5.17. The second-order valence-corrected chi connectivity index (χ2v) is 4.40. The van der Waals surface area contributed by atoms with Crippen molar-refractivity contribution in [3.8, 4) is 5.00 Å². The number of carbonyl (C=O) groups excluding carboxylic acids is 1. The van der Waals surface area contributed by atoms with Crippen molar-refractivity contribution in [1.82, 2.24) is 9.78 Å². The van der Waals surface area contributed by atoms with Gasteiger partial charge in [-0.1, -0.05) is 0 Å². The van der Waals surface area contributed by atoms with Crippen LogP contribution in [-0.2, 0) is 4.74 Å². The molecule has 0 fully saturated rings. The van der Waals surface area contributed by atoms with Gasteiger partial charge in [0.15, 0.2) is 0 Å². The molecule has 0 aromatic carbocycles. The van der Waals surface area contributed by atoms with E-state index in [4.69, 9.17) is 9.84 Å². The summed E-state index contributed by atoms with van der Waals surface area (Å²) in [6.45, 7) is 2.02. The van der Waals surface area contributed by atoms with E-state index in [-0.39, 0.29) is 4.88 Å². The van der Waals surface area contributed by atoms with Crippen molar-refractivity contribution >= 4 is 23.3 Å². The van der Waals surface area contributed by atoms with Crippen LogP contribution >= 0.6 is 11.3 Å². The molecular formula is C11H10N2O4S. The third-order valence-electron chi connectivity index (χ3n) is 2.12. The molecule has 0 aliphatic heterocycles. The Kier molecular flexibility index (Phi) is 3.42. The highest BCUT2D eigenvalue weighted by Crippen LogP contribution is 2.20. The highest BCUT2D eigenvalue weighted by molar-refractivity contribution is 7.16. The predicted octanol–water partition coefficient (Wildman–Crippen LogP) is 1.81. The molecule has 6 nitrogen and oxygen atoms in total. The van der Waals surface area contributed by atoms with Crippen LogP contribution in [0.25, 0.3) is 5.00 Å². The van der Waals surface area contributed by atoms with E-state index < -0.39 is 11.9 Å². The summed E-state index contributed by atoms with van der Waals surface area (Å²) in [6.07, 6.45) is 2.90. The van der Waals surface area contributed by atoms with Gasteiger partial charge in [-0.25, -0.2) is 14.3 Å². The standard InChI is InChI=1S/C11H10N2O4S/c1-2-17-11(16)7-5-12-13(6-7)9-4-3-8(18-9)10(14)15/h3-6H,2H2,1H3,(H,14,15). The second kappa shape index (κ2) is 5.01. The molecule has 18 heavy (non-hydrogen) atoms. The minimum atomic E-state index is -0.982. The van der Waals surface area contributed by atoms with Gasteiger partial charge in [0.2, 0.25) is 0 Å². The largest absolute Gasteiger partial charge is 0.477 e. The van der Waals surface area contributed by atoms with Gasteiger partial charge in [0.05, 0.1) is 18.4 Å². The van der Waals surface area contributed by atoms with Crippen LogP contribution in [0.4, 0.5) is 0 Å². The van der Waals surface area contributed by atoms with Crippen LogP contribution in [0.1, 0.15) is 27.0 Å². The Hall–Kier alpha value is -2.15. The summed E-state index contributed by atoms with van der Waals surface area (Å²) in [5.41, 5.74) is 0.335. The molecule has 1 N–H and O–H groups in total. The van der Waals surface area contributed by atoms with E-state index in [0.29, 0.717) is 17.2 Å². The molecule has 0 radical (unpaired) electrons. The number of aromatic nitrogens is 2. The number of nitrogens with zero attached hydrogens (tertiary/aromatic N) is 2. The van der Waals surface area contributed by atoms with E-state index in [0.717, 1.165) is 11.3 Å². The lowest BCUT2D eigenvalue weighted by Crippen LogP contribution is -2.03. The number of thiophene rings is 1. The first-order chi connectivity index (χ1) is 8.61. The normalized spacial score (nSPS) is 10.3. The van der Waals surface area contributed by atoms with Crippen LogP contribution in [0, 0.1) is 0 Å². The molecule has 2 heterocycles. The fraction of sp³-hybridized carbons (Fsp3) is 0.182. The monoisotopic (exact) mass is 266 g/mol. The molecule has 0 amide bonds. The molecule has 2 rings (SSSR count). The fourth-order valence-electron chi connectivity index (χ4n) is 1.33. The molecule has 0 atom stereocenters. The number of carbonyl (C=O) groups is 2. The lowest BCUT2D eigenvalue weighted by molar-refractivity contribution is 0.0526. The van der Waals surface area contributed by atoms with E-state index >= 15 is 0 Å². The Morgan fingerprint density at radius 1 is 1.50 bits per heavy atom. The van der Waals surface area contributed by atoms with Crippen molar-refractivity contribution in [2.45, 2.75) is 6.92 Å². The highest BCUT2D eigenvalue weighted by atomic mass is 32.1. The highest BCUT2D eigenvalue weighted by Gasteiger charge is 2.12. The number of carboxylic acids is 1. The summed E-state index contributed by atoms with van der Waals surface area (Å²) in [6, 6.07) is 3.13. The number of aromatic carboxylic acids is 1. The Morgan fingerprint density at radius 2 is 2.28 bits per heavy atom. The van der Waals surface area contributed by atoms with Gasteiger partial charge < -0.3 is 9.84 Å². The Labute approximate surface area is 106 Å². The van der Waals surface area contributed by atoms with E-state index in [9.17, 15) is 9.59 Å². The van der Waals surface area contributed by atoms with Gasteiger partial charge >= 0.3 is 11.9 Å². The van der Waals surface area contributed by atoms with Gasteiger partial charge in [-0.05, 0) is 19.1 Å². The van der Waals surface area contributed by atoms with Crippen molar-refractivity contribution in [2.75, 3.05) is 6.61 Å². The zero-order valence-electron chi connectivity index (χ0n) is 9.49. The van der Waals surface area contributed by atoms with Crippen molar-refractivity contribution < 1.29 is 19.4 Å². The number of ether oxygens (including phenoxy) is 1. The van der Waals surface area contributed by atoms with Crippen molar-refractivity contribution in [2.24, 2.45) is 0 Å². The summed E-state index contributed by atoms with van der Waals surface area (Å²) in [5, 5.41) is 13.4. The zero-order chi connectivity index (χ0) is 13.1. The number of rotatable bonds is 4. The molecule has 0 aliphatic carbocycles. The van der Waals surface area contributed by atoms with Gasteiger partial charge in [0.25, 0.3) is 0 Å². The molecule has 0 bridgehead atoms. The summed E-state index contributed by atoms with van der Waals surface area (Å²) in [4.78, 5) is 22.4. The van der Waals surface area contributed by atoms with Gasteiger partial charge in [-0.2, -0.15) is 5.10 Å². The molecule has 2 aromatic heterocycles. The number of hydrogen-bond acceptors (Lipinski definition) is 5. The smallest absolute Gasteiger partial charge is 0.345 e. The molecular weight excluding hydrogens is 256 g/mol.